The van der Waals surface area contributed by atoms with Crippen LogP contribution in [-0.2, 0) is 18.3 Å². The molecule has 4 heterocycles. The summed E-state index contributed by atoms with van der Waals surface area (Å²) in [5.74, 6) is 1.73. The molecule has 0 spiro atoms. The van der Waals surface area contributed by atoms with E-state index in [1.165, 1.54) is 0 Å². The zero-order valence-electron chi connectivity index (χ0n) is 14.2. The second-order valence-electron chi connectivity index (χ2n) is 6.39. The molecule has 3 aromatic heterocycles. The first-order valence-electron chi connectivity index (χ1n) is 8.26. The van der Waals surface area contributed by atoms with E-state index in [1.807, 2.05) is 37.1 Å². The third kappa shape index (κ3) is 2.59. The number of imidazole rings is 2. The van der Waals surface area contributed by atoms with Crippen molar-refractivity contribution in [3.63, 3.8) is 0 Å². The number of rotatable bonds is 4. The lowest BCUT2D eigenvalue weighted by Gasteiger charge is -2.19. The Bertz CT molecular complexity index is 867. The van der Waals surface area contributed by atoms with Crippen LogP contribution in [0, 0.1) is 13.8 Å². The van der Waals surface area contributed by atoms with Crippen molar-refractivity contribution in [3.8, 4) is 0 Å². The van der Waals surface area contributed by atoms with Crippen LogP contribution in [0.25, 0.3) is 5.78 Å². The van der Waals surface area contributed by atoms with Gasteiger partial charge in [0.15, 0.2) is 0 Å². The molecule has 0 aromatic carbocycles. The van der Waals surface area contributed by atoms with E-state index in [4.69, 9.17) is 4.74 Å². The molecule has 1 aliphatic rings. The number of nitrogens with one attached hydrogen (secondary N) is 1. The van der Waals surface area contributed by atoms with E-state index in [9.17, 15) is 0 Å². The summed E-state index contributed by atoms with van der Waals surface area (Å²) in [6.07, 6.45) is 6.63. The Labute approximate surface area is 140 Å². The lowest BCUT2D eigenvalue weighted by atomic mass is 10.1. The first-order valence-corrected chi connectivity index (χ1v) is 8.26. The third-order valence-corrected chi connectivity index (χ3v) is 4.61. The topological polar surface area (TPSA) is 69.3 Å². The van der Waals surface area contributed by atoms with Crippen molar-refractivity contribution < 1.29 is 4.74 Å². The molecule has 0 bridgehead atoms. The molecular formula is C17H22N6O. The smallest absolute Gasteiger partial charge is 0.234 e. The molecule has 0 aliphatic carbocycles. The number of ether oxygens (including phenoxy) is 1. The SMILES string of the molecule is Cc1cc(C)n2c(CN[C@H]3CCO[C@@H]3c3nccn3C)cnc2n1. The lowest BCUT2D eigenvalue weighted by Crippen LogP contribution is -2.32. The first-order chi connectivity index (χ1) is 11.6. The monoisotopic (exact) mass is 326 g/mol. The maximum atomic E-state index is 5.91. The minimum Gasteiger partial charge on any atom is -0.369 e. The highest BCUT2D eigenvalue weighted by Gasteiger charge is 2.32. The van der Waals surface area contributed by atoms with Gasteiger partial charge in [0.1, 0.15) is 11.9 Å². The number of fused-ring (bicyclic) bond motifs is 1. The van der Waals surface area contributed by atoms with Gasteiger partial charge in [0.05, 0.1) is 11.9 Å². The van der Waals surface area contributed by atoms with Crippen molar-refractivity contribution in [2.45, 2.75) is 39.0 Å². The van der Waals surface area contributed by atoms with Gasteiger partial charge in [-0.2, -0.15) is 0 Å². The van der Waals surface area contributed by atoms with Crippen molar-refractivity contribution in [1.29, 1.82) is 0 Å². The zero-order chi connectivity index (χ0) is 16.7. The fourth-order valence-electron chi connectivity index (χ4n) is 3.46. The number of hydrogen-bond acceptors (Lipinski definition) is 5. The molecule has 3 aromatic rings. The molecule has 1 fully saturated rings. The van der Waals surface area contributed by atoms with Crippen molar-refractivity contribution in [2.75, 3.05) is 6.61 Å². The second-order valence-corrected chi connectivity index (χ2v) is 6.39. The van der Waals surface area contributed by atoms with Crippen LogP contribution in [-0.4, -0.2) is 36.6 Å². The summed E-state index contributed by atoms with van der Waals surface area (Å²) in [5, 5.41) is 3.62. The van der Waals surface area contributed by atoms with E-state index in [0.717, 1.165) is 48.3 Å². The molecule has 7 nitrogen and oxygen atoms in total. The van der Waals surface area contributed by atoms with Crippen LogP contribution in [0.3, 0.4) is 0 Å². The number of aromatic nitrogens is 5. The maximum Gasteiger partial charge on any atom is 0.234 e. The summed E-state index contributed by atoms with van der Waals surface area (Å²) >= 11 is 0. The molecule has 1 aliphatic heterocycles. The van der Waals surface area contributed by atoms with Gasteiger partial charge in [0.25, 0.3) is 0 Å². The highest BCUT2D eigenvalue weighted by atomic mass is 16.5. The van der Waals surface area contributed by atoms with Gasteiger partial charge in [-0.3, -0.25) is 4.40 Å². The van der Waals surface area contributed by atoms with Gasteiger partial charge in [0, 0.05) is 50.0 Å². The summed E-state index contributed by atoms with van der Waals surface area (Å²) < 4.78 is 10.0. The zero-order valence-corrected chi connectivity index (χ0v) is 14.2. The molecule has 2 atom stereocenters. The average Bonchev–Trinajstić information content (AvgIpc) is 3.24. The van der Waals surface area contributed by atoms with Gasteiger partial charge < -0.3 is 14.6 Å². The highest BCUT2D eigenvalue weighted by molar-refractivity contribution is 5.35. The number of aryl methyl sites for hydroxylation is 3. The molecule has 1 saturated heterocycles. The molecule has 7 heteroatoms. The van der Waals surface area contributed by atoms with Crippen molar-refractivity contribution in [3.05, 3.63) is 47.6 Å². The van der Waals surface area contributed by atoms with Gasteiger partial charge in [-0.25, -0.2) is 15.0 Å². The Balaban J connectivity index is 1.54. The van der Waals surface area contributed by atoms with Crippen LogP contribution in [0.4, 0.5) is 0 Å². The Hall–Kier alpha value is -2.25. The van der Waals surface area contributed by atoms with Crippen LogP contribution >= 0.6 is 0 Å². The Morgan fingerprint density at radius 3 is 3.00 bits per heavy atom. The molecule has 4 rings (SSSR count). The van der Waals surface area contributed by atoms with Gasteiger partial charge in [-0.1, -0.05) is 0 Å². The van der Waals surface area contributed by atoms with E-state index < -0.39 is 0 Å². The van der Waals surface area contributed by atoms with Gasteiger partial charge in [-0.05, 0) is 26.3 Å². The molecule has 0 amide bonds. The predicted molar refractivity (Wildman–Crippen MR) is 89.6 cm³/mol. The van der Waals surface area contributed by atoms with Gasteiger partial charge in [-0.15, -0.1) is 0 Å². The molecule has 0 radical (unpaired) electrons. The molecule has 0 unspecified atom stereocenters. The standard InChI is InChI=1S/C17H22N6O/c1-11-8-12(2)23-13(10-20-17(23)21-11)9-19-14-4-7-24-15(14)16-18-5-6-22(16)3/h5-6,8,10,14-15,19H,4,7,9H2,1-3H3/t14-,15-/m0/s1. The molecule has 24 heavy (non-hydrogen) atoms. The minimum atomic E-state index is -0.00866. The van der Waals surface area contributed by atoms with Crippen LogP contribution in [0.15, 0.2) is 24.7 Å². The Morgan fingerprint density at radius 1 is 1.33 bits per heavy atom. The van der Waals surface area contributed by atoms with Crippen LogP contribution in [0.2, 0.25) is 0 Å². The minimum absolute atomic E-state index is 0.00866. The van der Waals surface area contributed by atoms with E-state index in [-0.39, 0.29) is 12.1 Å². The van der Waals surface area contributed by atoms with E-state index in [1.54, 1.807) is 0 Å². The molecule has 126 valence electrons. The predicted octanol–water partition coefficient (Wildman–Crippen LogP) is 1.70. The van der Waals surface area contributed by atoms with E-state index in [0.29, 0.717) is 0 Å². The van der Waals surface area contributed by atoms with Crippen molar-refractivity contribution in [2.24, 2.45) is 7.05 Å². The molecule has 0 saturated carbocycles. The fourth-order valence-corrected chi connectivity index (χ4v) is 3.46. The van der Waals surface area contributed by atoms with Crippen LogP contribution in [0.1, 0.15) is 35.4 Å². The molecular weight excluding hydrogens is 304 g/mol. The van der Waals surface area contributed by atoms with Crippen LogP contribution < -0.4 is 5.32 Å². The summed E-state index contributed by atoms with van der Waals surface area (Å²) in [4.78, 5) is 13.4. The second kappa shape index (κ2) is 5.99. The van der Waals surface area contributed by atoms with E-state index in [2.05, 4.69) is 37.7 Å². The van der Waals surface area contributed by atoms with Gasteiger partial charge in [0.2, 0.25) is 5.78 Å². The quantitative estimate of drug-likeness (QED) is 0.790. The van der Waals surface area contributed by atoms with Gasteiger partial charge >= 0.3 is 0 Å². The van der Waals surface area contributed by atoms with Crippen molar-refractivity contribution in [1.82, 2.24) is 29.2 Å². The Morgan fingerprint density at radius 2 is 2.21 bits per heavy atom. The van der Waals surface area contributed by atoms with Crippen molar-refractivity contribution >= 4 is 5.78 Å². The number of nitrogens with zero attached hydrogens (tertiary/aromatic N) is 5. The number of hydrogen-bond donors (Lipinski definition) is 1. The normalized spacial score (nSPS) is 21.0. The highest BCUT2D eigenvalue weighted by Crippen LogP contribution is 2.28. The average molecular weight is 326 g/mol. The lowest BCUT2D eigenvalue weighted by molar-refractivity contribution is 0.0892. The maximum absolute atomic E-state index is 5.91. The first kappa shape index (κ1) is 15.3. The summed E-state index contributed by atoms with van der Waals surface area (Å²) in [6, 6.07) is 2.32. The Kier molecular flexibility index (Phi) is 3.82. The summed E-state index contributed by atoms with van der Waals surface area (Å²) in [6.45, 7) is 5.55. The van der Waals surface area contributed by atoms with Crippen LogP contribution in [0.5, 0.6) is 0 Å². The summed E-state index contributed by atoms with van der Waals surface area (Å²) in [7, 11) is 2.00. The third-order valence-electron chi connectivity index (χ3n) is 4.61. The fraction of sp³-hybridized carbons (Fsp3) is 0.471. The summed E-state index contributed by atoms with van der Waals surface area (Å²) in [5.41, 5.74) is 3.25. The molecule has 1 N–H and O–H groups in total. The largest absolute Gasteiger partial charge is 0.369 e. The van der Waals surface area contributed by atoms with E-state index >= 15 is 0 Å².